The number of hydrogen-bond donors (Lipinski definition) is 0. The minimum atomic E-state index is -0.161. The molecule has 0 aliphatic heterocycles. The molecule has 0 fully saturated rings. The van der Waals surface area contributed by atoms with E-state index in [-0.39, 0.29) is 5.82 Å². The van der Waals surface area contributed by atoms with Gasteiger partial charge in [0.25, 0.3) is 0 Å². The van der Waals surface area contributed by atoms with E-state index in [9.17, 15) is 4.39 Å². The molecule has 0 saturated heterocycles. The van der Waals surface area contributed by atoms with Gasteiger partial charge in [-0.3, -0.25) is 0 Å². The number of hydrogen-bond acceptors (Lipinski definition) is 0. The molecule has 19 heavy (non-hydrogen) atoms. The third kappa shape index (κ3) is 2.24. The van der Waals surface area contributed by atoms with Gasteiger partial charge in [0.1, 0.15) is 5.82 Å². The second kappa shape index (κ2) is 4.51. The molecule has 0 N–H and O–H groups in total. The fraction of sp³-hybridized carbons (Fsp3) is 0.111. The Morgan fingerprint density at radius 1 is 0.684 bits per heavy atom. The normalized spacial score (nSPS) is 10.9. The van der Waals surface area contributed by atoms with E-state index >= 15 is 0 Å². The molecule has 0 nitrogen and oxygen atoms in total. The summed E-state index contributed by atoms with van der Waals surface area (Å²) in [7, 11) is 0. The van der Waals surface area contributed by atoms with Gasteiger partial charge < -0.3 is 0 Å². The Kier molecular flexibility index (Phi) is 2.83. The summed E-state index contributed by atoms with van der Waals surface area (Å²) in [5.74, 6) is -0.161. The van der Waals surface area contributed by atoms with E-state index < -0.39 is 0 Å². The minimum absolute atomic E-state index is 0.161. The van der Waals surface area contributed by atoms with Gasteiger partial charge >= 0.3 is 0 Å². The van der Waals surface area contributed by atoms with E-state index in [2.05, 4.69) is 31.2 Å². The van der Waals surface area contributed by atoms with Crippen LogP contribution in [0.15, 0.2) is 54.6 Å². The molecule has 0 aliphatic carbocycles. The molecule has 0 aliphatic rings. The maximum absolute atomic E-state index is 14.0. The Hall–Kier alpha value is -2.15. The van der Waals surface area contributed by atoms with Crippen molar-refractivity contribution in [2.75, 3.05) is 0 Å². The molecular formula is C18H15F. The minimum Gasteiger partial charge on any atom is -0.206 e. The first kappa shape index (κ1) is 11.9. The largest absolute Gasteiger partial charge is 0.206 e. The summed E-state index contributed by atoms with van der Waals surface area (Å²) in [5.41, 5.74) is 3.77. The van der Waals surface area contributed by atoms with Gasteiger partial charge in [0.05, 0.1) is 0 Å². The number of fused-ring (bicyclic) bond motifs is 1. The lowest BCUT2D eigenvalue weighted by atomic mass is 9.99. The molecule has 1 heteroatoms. The lowest BCUT2D eigenvalue weighted by molar-refractivity contribution is 0.630. The molecule has 0 radical (unpaired) electrons. The highest BCUT2D eigenvalue weighted by Gasteiger charge is 2.06. The van der Waals surface area contributed by atoms with Crippen molar-refractivity contribution in [2.45, 2.75) is 13.8 Å². The first-order chi connectivity index (χ1) is 9.13. The Bertz CT molecular complexity index is 757. The molecular weight excluding hydrogens is 235 g/mol. The zero-order chi connectivity index (χ0) is 13.4. The predicted molar refractivity (Wildman–Crippen MR) is 78.8 cm³/mol. The van der Waals surface area contributed by atoms with Crippen LogP contribution in [0, 0.1) is 19.7 Å². The average molecular weight is 250 g/mol. The van der Waals surface area contributed by atoms with Crippen molar-refractivity contribution in [1.82, 2.24) is 0 Å². The van der Waals surface area contributed by atoms with Crippen LogP contribution in [-0.2, 0) is 0 Å². The van der Waals surface area contributed by atoms with E-state index in [0.717, 1.165) is 16.5 Å². The predicted octanol–water partition coefficient (Wildman–Crippen LogP) is 5.26. The highest BCUT2D eigenvalue weighted by Crippen LogP contribution is 2.27. The lowest BCUT2D eigenvalue weighted by Gasteiger charge is -2.07. The van der Waals surface area contributed by atoms with Crippen LogP contribution in [0.3, 0.4) is 0 Å². The molecule has 0 atom stereocenters. The van der Waals surface area contributed by atoms with Crippen molar-refractivity contribution in [3.8, 4) is 11.1 Å². The quantitative estimate of drug-likeness (QED) is 0.552. The smallest absolute Gasteiger partial charge is 0.131 e. The molecule has 0 amide bonds. The van der Waals surface area contributed by atoms with Crippen molar-refractivity contribution in [2.24, 2.45) is 0 Å². The van der Waals surface area contributed by atoms with E-state index in [1.165, 1.54) is 10.9 Å². The first-order valence-corrected chi connectivity index (χ1v) is 6.40. The molecule has 0 bridgehead atoms. The van der Waals surface area contributed by atoms with Crippen molar-refractivity contribution >= 4 is 10.8 Å². The maximum atomic E-state index is 14.0. The summed E-state index contributed by atoms with van der Waals surface area (Å²) in [4.78, 5) is 0. The highest BCUT2D eigenvalue weighted by molar-refractivity contribution is 5.87. The van der Waals surface area contributed by atoms with Crippen LogP contribution in [0.4, 0.5) is 4.39 Å². The van der Waals surface area contributed by atoms with E-state index in [1.807, 2.05) is 31.2 Å². The van der Waals surface area contributed by atoms with Gasteiger partial charge in [-0.25, -0.2) is 4.39 Å². The van der Waals surface area contributed by atoms with Crippen LogP contribution >= 0.6 is 0 Å². The molecule has 0 saturated carbocycles. The first-order valence-electron chi connectivity index (χ1n) is 6.40. The van der Waals surface area contributed by atoms with Crippen molar-refractivity contribution in [3.05, 3.63) is 71.5 Å². The third-order valence-electron chi connectivity index (χ3n) is 3.43. The van der Waals surface area contributed by atoms with Gasteiger partial charge in [-0.05, 0) is 47.9 Å². The summed E-state index contributed by atoms with van der Waals surface area (Å²) in [6, 6.07) is 17.8. The summed E-state index contributed by atoms with van der Waals surface area (Å²) in [6.45, 7) is 3.98. The lowest BCUT2D eigenvalue weighted by Crippen LogP contribution is -1.86. The Balaban J connectivity index is 2.17. The molecule has 3 aromatic carbocycles. The highest BCUT2D eigenvalue weighted by atomic mass is 19.1. The van der Waals surface area contributed by atoms with Gasteiger partial charge in [0, 0.05) is 5.56 Å². The van der Waals surface area contributed by atoms with Gasteiger partial charge in [-0.1, -0.05) is 48.0 Å². The number of benzene rings is 3. The van der Waals surface area contributed by atoms with Crippen LogP contribution in [0.25, 0.3) is 21.9 Å². The standard InChI is InChI=1S/C18H15F/c1-12-3-5-15-11-16(7-6-14(15)9-12)17-8-4-13(2)10-18(17)19/h3-11H,1-2H3. The SMILES string of the molecule is Cc1ccc(-c2ccc3cc(C)ccc3c2)c(F)c1. The maximum Gasteiger partial charge on any atom is 0.131 e. The molecule has 3 aromatic rings. The summed E-state index contributed by atoms with van der Waals surface area (Å²) < 4.78 is 14.0. The summed E-state index contributed by atoms with van der Waals surface area (Å²) in [5, 5.41) is 2.33. The fourth-order valence-corrected chi connectivity index (χ4v) is 2.39. The molecule has 3 rings (SSSR count). The second-order valence-electron chi connectivity index (χ2n) is 5.05. The third-order valence-corrected chi connectivity index (χ3v) is 3.43. The molecule has 0 spiro atoms. The Morgan fingerprint density at radius 3 is 2.11 bits per heavy atom. The van der Waals surface area contributed by atoms with E-state index in [0.29, 0.717) is 5.56 Å². The van der Waals surface area contributed by atoms with E-state index in [1.54, 1.807) is 6.07 Å². The average Bonchev–Trinajstić information content (AvgIpc) is 2.38. The zero-order valence-corrected chi connectivity index (χ0v) is 11.1. The van der Waals surface area contributed by atoms with Crippen molar-refractivity contribution in [1.29, 1.82) is 0 Å². The summed E-state index contributed by atoms with van der Waals surface area (Å²) >= 11 is 0. The summed E-state index contributed by atoms with van der Waals surface area (Å²) in [6.07, 6.45) is 0. The number of halogens is 1. The number of aryl methyl sites for hydroxylation is 2. The van der Waals surface area contributed by atoms with Crippen LogP contribution in [0.1, 0.15) is 11.1 Å². The van der Waals surface area contributed by atoms with Gasteiger partial charge in [-0.15, -0.1) is 0 Å². The topological polar surface area (TPSA) is 0 Å². The molecule has 0 unspecified atom stereocenters. The second-order valence-corrected chi connectivity index (χ2v) is 5.05. The van der Waals surface area contributed by atoms with Crippen LogP contribution in [-0.4, -0.2) is 0 Å². The van der Waals surface area contributed by atoms with Gasteiger partial charge in [0.15, 0.2) is 0 Å². The van der Waals surface area contributed by atoms with Crippen LogP contribution in [0.2, 0.25) is 0 Å². The van der Waals surface area contributed by atoms with Crippen LogP contribution < -0.4 is 0 Å². The Labute approximate surface area is 112 Å². The van der Waals surface area contributed by atoms with Crippen molar-refractivity contribution in [3.63, 3.8) is 0 Å². The monoisotopic (exact) mass is 250 g/mol. The van der Waals surface area contributed by atoms with Crippen molar-refractivity contribution < 1.29 is 4.39 Å². The van der Waals surface area contributed by atoms with Gasteiger partial charge in [-0.2, -0.15) is 0 Å². The zero-order valence-electron chi connectivity index (χ0n) is 11.1. The molecule has 94 valence electrons. The number of rotatable bonds is 1. The van der Waals surface area contributed by atoms with E-state index in [4.69, 9.17) is 0 Å². The Morgan fingerprint density at radius 2 is 1.32 bits per heavy atom. The van der Waals surface area contributed by atoms with Crippen LogP contribution in [0.5, 0.6) is 0 Å². The van der Waals surface area contributed by atoms with Gasteiger partial charge in [0.2, 0.25) is 0 Å². The molecule has 0 heterocycles. The molecule has 0 aromatic heterocycles. The fourth-order valence-electron chi connectivity index (χ4n) is 2.39.